The number of hydrogen-bond acceptors (Lipinski definition) is 8. The molecule has 1 saturated heterocycles. The first-order chi connectivity index (χ1) is 16.2. The highest BCUT2D eigenvalue weighted by molar-refractivity contribution is 6.33. The number of ether oxygens (including phenoxy) is 2. The third kappa shape index (κ3) is 6.13. The van der Waals surface area contributed by atoms with Crippen molar-refractivity contribution in [1.29, 1.82) is 0 Å². The fourth-order valence-electron chi connectivity index (χ4n) is 3.68. The van der Waals surface area contributed by atoms with Crippen LogP contribution in [0.15, 0.2) is 30.3 Å². The average molecular weight is 492 g/mol. The third-order valence-electron chi connectivity index (χ3n) is 5.45. The molecule has 2 aromatic rings. The summed E-state index contributed by atoms with van der Waals surface area (Å²) in [5.74, 6) is -1.57. The lowest BCUT2D eigenvalue weighted by Crippen LogP contribution is -2.55. The van der Waals surface area contributed by atoms with Gasteiger partial charge in [0.15, 0.2) is 0 Å². The Morgan fingerprint density at radius 1 is 1.26 bits per heavy atom. The molecule has 0 aliphatic carbocycles. The van der Waals surface area contributed by atoms with E-state index in [1.54, 1.807) is 7.11 Å². The highest BCUT2D eigenvalue weighted by atomic mass is 35.5. The van der Waals surface area contributed by atoms with Gasteiger partial charge in [-0.05, 0) is 36.8 Å². The van der Waals surface area contributed by atoms with Gasteiger partial charge in [0.2, 0.25) is 11.8 Å². The van der Waals surface area contributed by atoms with Gasteiger partial charge in [-0.3, -0.25) is 14.5 Å². The first kappa shape index (κ1) is 25.2. The number of carboxylic acids is 1. The van der Waals surface area contributed by atoms with Crippen LogP contribution in [0.3, 0.4) is 0 Å². The Kier molecular flexibility index (Phi) is 8.26. The van der Waals surface area contributed by atoms with Crippen LogP contribution in [-0.4, -0.2) is 78.8 Å². The number of nitrogens with one attached hydrogen (secondary N) is 2. The van der Waals surface area contributed by atoms with E-state index < -0.39 is 11.9 Å². The number of hydrogen-bond donors (Lipinski definition) is 4. The predicted molar refractivity (Wildman–Crippen MR) is 125 cm³/mol. The van der Waals surface area contributed by atoms with Crippen LogP contribution < -0.4 is 21.1 Å². The van der Waals surface area contributed by atoms with E-state index in [9.17, 15) is 14.4 Å². The summed E-state index contributed by atoms with van der Waals surface area (Å²) in [6, 6.07) is 7.02. The molecule has 2 heterocycles. The Morgan fingerprint density at radius 2 is 1.97 bits per heavy atom. The second-order valence-electron chi connectivity index (χ2n) is 7.72. The third-order valence-corrected chi connectivity index (χ3v) is 5.75. The number of carbonyl (C=O) groups is 3. The number of nitrogens with two attached hydrogens (primary N) is 1. The molecule has 34 heavy (non-hydrogen) atoms. The van der Waals surface area contributed by atoms with Gasteiger partial charge in [-0.2, -0.15) is 4.98 Å². The van der Waals surface area contributed by atoms with E-state index in [1.165, 1.54) is 37.4 Å². The van der Waals surface area contributed by atoms with Crippen LogP contribution in [0.4, 0.5) is 11.5 Å². The molecule has 11 nitrogen and oxygen atoms in total. The van der Waals surface area contributed by atoms with Gasteiger partial charge in [0.1, 0.15) is 11.4 Å². The van der Waals surface area contributed by atoms with E-state index in [-0.39, 0.29) is 52.4 Å². The molecule has 1 aliphatic rings. The number of nitrogen functional groups attached to an aromatic ring is 1. The van der Waals surface area contributed by atoms with Crippen LogP contribution in [-0.2, 0) is 9.53 Å². The zero-order valence-electron chi connectivity index (χ0n) is 18.7. The monoisotopic (exact) mass is 491 g/mol. The molecular weight excluding hydrogens is 466 g/mol. The number of carboxylic acid groups (broad SMARTS) is 1. The highest BCUT2D eigenvalue weighted by Crippen LogP contribution is 2.25. The van der Waals surface area contributed by atoms with Crippen molar-refractivity contribution >= 4 is 40.9 Å². The Labute approximate surface area is 201 Å². The number of pyridine rings is 1. The summed E-state index contributed by atoms with van der Waals surface area (Å²) >= 11 is 6.01. The van der Waals surface area contributed by atoms with E-state index in [2.05, 4.69) is 15.6 Å². The lowest BCUT2D eigenvalue weighted by atomic mass is 10.0. The summed E-state index contributed by atoms with van der Waals surface area (Å²) in [4.78, 5) is 42.1. The van der Waals surface area contributed by atoms with Gasteiger partial charge in [-0.25, -0.2) is 4.79 Å². The zero-order chi connectivity index (χ0) is 24.8. The van der Waals surface area contributed by atoms with Gasteiger partial charge in [0.05, 0.1) is 36.4 Å². The van der Waals surface area contributed by atoms with Crippen LogP contribution in [0.1, 0.15) is 27.1 Å². The minimum Gasteiger partial charge on any atom is -0.480 e. The smallest absolute Gasteiger partial charge is 0.335 e. The lowest BCUT2D eigenvalue weighted by molar-refractivity contribution is -0.118. The molecule has 1 fully saturated rings. The minimum atomic E-state index is -1.03. The lowest BCUT2D eigenvalue weighted by Gasteiger charge is -2.37. The molecule has 5 N–H and O–H groups in total. The molecule has 0 radical (unpaired) electrons. The van der Waals surface area contributed by atoms with Gasteiger partial charge in [-0.1, -0.05) is 11.6 Å². The maximum absolute atomic E-state index is 12.8. The van der Waals surface area contributed by atoms with Gasteiger partial charge >= 0.3 is 5.97 Å². The van der Waals surface area contributed by atoms with Crippen molar-refractivity contribution in [3.63, 3.8) is 0 Å². The van der Waals surface area contributed by atoms with Crippen LogP contribution in [0.5, 0.6) is 5.88 Å². The number of aromatic nitrogens is 1. The standard InChI is InChI=1S/C22H26ClN5O6/c1-33-17-10-28(11-18(29)25-13-5-3-12(4-6-13)22(31)32)8-7-16(17)26-20(30)14-9-15(23)19(24)27-21(14)34-2/h3-6,9,16-17H,7-8,10-11H2,1-2H3,(H2,24,27)(H,25,29)(H,26,30)(H,31,32). The largest absolute Gasteiger partial charge is 0.480 e. The topological polar surface area (TPSA) is 156 Å². The van der Waals surface area contributed by atoms with Crippen molar-refractivity contribution in [3.05, 3.63) is 46.5 Å². The van der Waals surface area contributed by atoms with Crippen molar-refractivity contribution in [2.24, 2.45) is 0 Å². The zero-order valence-corrected chi connectivity index (χ0v) is 19.5. The molecule has 182 valence electrons. The van der Waals surface area contributed by atoms with Crippen molar-refractivity contribution in [1.82, 2.24) is 15.2 Å². The molecule has 2 amide bonds. The fourth-order valence-corrected chi connectivity index (χ4v) is 3.83. The molecule has 1 aromatic carbocycles. The van der Waals surface area contributed by atoms with E-state index in [0.29, 0.717) is 25.2 Å². The molecule has 1 aliphatic heterocycles. The number of benzene rings is 1. The number of rotatable bonds is 8. The average Bonchev–Trinajstić information content (AvgIpc) is 2.81. The fraction of sp³-hybridized carbons (Fsp3) is 0.364. The number of piperidine rings is 1. The molecular formula is C22H26ClN5O6. The molecule has 12 heteroatoms. The molecule has 0 spiro atoms. The first-order valence-corrected chi connectivity index (χ1v) is 10.8. The SMILES string of the molecule is COc1nc(N)c(Cl)cc1C(=O)NC1CCN(CC(=O)Nc2ccc(C(=O)O)cc2)CC1OC. The first-order valence-electron chi connectivity index (χ1n) is 10.4. The summed E-state index contributed by atoms with van der Waals surface area (Å²) in [7, 11) is 2.92. The quantitative estimate of drug-likeness (QED) is 0.429. The summed E-state index contributed by atoms with van der Waals surface area (Å²) < 4.78 is 10.7. The summed E-state index contributed by atoms with van der Waals surface area (Å²) in [6.07, 6.45) is 0.187. The second-order valence-corrected chi connectivity index (χ2v) is 8.13. The number of amides is 2. The second kappa shape index (κ2) is 11.1. The Balaban J connectivity index is 1.57. The van der Waals surface area contributed by atoms with Gasteiger partial charge in [0, 0.05) is 25.9 Å². The number of nitrogens with zero attached hydrogens (tertiary/aromatic N) is 2. The number of methoxy groups -OCH3 is 2. The van der Waals surface area contributed by atoms with E-state index in [1.807, 2.05) is 4.90 Å². The number of likely N-dealkylation sites (tertiary alicyclic amines) is 1. The molecule has 1 aromatic heterocycles. The Bertz CT molecular complexity index is 1060. The van der Waals surface area contributed by atoms with E-state index in [0.717, 1.165) is 0 Å². The summed E-state index contributed by atoms with van der Waals surface area (Å²) in [6.45, 7) is 1.09. The van der Waals surface area contributed by atoms with Crippen molar-refractivity contribution in [2.45, 2.75) is 18.6 Å². The van der Waals surface area contributed by atoms with Crippen molar-refractivity contribution < 1.29 is 29.0 Å². The Morgan fingerprint density at radius 3 is 2.59 bits per heavy atom. The van der Waals surface area contributed by atoms with Crippen LogP contribution in [0.25, 0.3) is 0 Å². The normalized spacial score (nSPS) is 18.2. The molecule has 0 bridgehead atoms. The van der Waals surface area contributed by atoms with Crippen molar-refractivity contribution in [2.75, 3.05) is 44.9 Å². The van der Waals surface area contributed by atoms with Gasteiger partial charge in [0.25, 0.3) is 5.91 Å². The van der Waals surface area contributed by atoms with Crippen LogP contribution in [0, 0.1) is 0 Å². The number of halogens is 1. The number of anilines is 2. The number of carbonyl (C=O) groups excluding carboxylic acids is 2. The maximum atomic E-state index is 12.8. The highest BCUT2D eigenvalue weighted by Gasteiger charge is 2.32. The molecule has 3 rings (SSSR count). The number of aromatic carboxylic acids is 1. The molecule has 2 unspecified atom stereocenters. The van der Waals surface area contributed by atoms with Crippen LogP contribution >= 0.6 is 11.6 Å². The van der Waals surface area contributed by atoms with E-state index >= 15 is 0 Å². The van der Waals surface area contributed by atoms with E-state index in [4.69, 9.17) is 31.9 Å². The van der Waals surface area contributed by atoms with Gasteiger partial charge in [-0.15, -0.1) is 0 Å². The van der Waals surface area contributed by atoms with Crippen molar-refractivity contribution in [3.8, 4) is 5.88 Å². The maximum Gasteiger partial charge on any atom is 0.335 e. The predicted octanol–water partition coefficient (Wildman–Crippen LogP) is 1.48. The summed E-state index contributed by atoms with van der Waals surface area (Å²) in [5.41, 5.74) is 6.48. The molecule has 2 atom stereocenters. The van der Waals surface area contributed by atoms with Crippen LogP contribution in [0.2, 0.25) is 5.02 Å². The molecule has 0 saturated carbocycles. The Hall–Kier alpha value is -3.41. The minimum absolute atomic E-state index is 0.0641. The van der Waals surface area contributed by atoms with Gasteiger partial charge < -0.3 is 30.9 Å². The summed E-state index contributed by atoms with van der Waals surface area (Å²) in [5, 5.41) is 14.8.